The lowest BCUT2D eigenvalue weighted by Gasteiger charge is -2.34. The van der Waals surface area contributed by atoms with Crippen LogP contribution in [-0.4, -0.2) is 53.3 Å². The van der Waals surface area contributed by atoms with Crippen LogP contribution >= 0.6 is 11.6 Å². The van der Waals surface area contributed by atoms with Gasteiger partial charge in [-0.1, -0.05) is 35.9 Å². The van der Waals surface area contributed by atoms with Gasteiger partial charge in [-0.15, -0.1) is 0 Å². The molecule has 3 rings (SSSR count). The van der Waals surface area contributed by atoms with Gasteiger partial charge in [0.15, 0.2) is 11.8 Å². The van der Waals surface area contributed by atoms with E-state index in [1.165, 1.54) is 18.1 Å². The zero-order valence-electron chi connectivity index (χ0n) is 17.5. The first-order chi connectivity index (χ1) is 15.2. The minimum absolute atomic E-state index is 0.151. The smallest absolute Gasteiger partial charge is 0.323 e. The third-order valence-electron chi connectivity index (χ3n) is 5.00. The number of nitrogens with one attached hydrogen (secondary N) is 1. The van der Waals surface area contributed by atoms with E-state index in [0.717, 1.165) is 16.0 Å². The van der Waals surface area contributed by atoms with Crippen LogP contribution in [0.1, 0.15) is 13.3 Å². The summed E-state index contributed by atoms with van der Waals surface area (Å²) < 4.78 is 0. The Kier molecular flexibility index (Phi) is 6.95. The Morgan fingerprint density at radius 3 is 2.47 bits per heavy atom. The number of amides is 3. The highest BCUT2D eigenvalue weighted by Crippen LogP contribution is 2.29. The van der Waals surface area contributed by atoms with Crippen LogP contribution in [0, 0.1) is 0 Å². The minimum atomic E-state index is -1.41. The molecule has 1 aliphatic rings. The molecule has 2 aromatic rings. The van der Waals surface area contributed by atoms with Gasteiger partial charge in [0.25, 0.3) is 5.91 Å². The number of hydrogen-bond donors (Lipinski definition) is 2. The molecule has 1 atom stereocenters. The molecule has 166 valence electrons. The van der Waals surface area contributed by atoms with Gasteiger partial charge in [-0.05, 0) is 42.3 Å². The summed E-state index contributed by atoms with van der Waals surface area (Å²) in [5.74, 6) is -2.14. The Balaban J connectivity index is 2.04. The molecule has 9 heteroatoms. The summed E-state index contributed by atoms with van der Waals surface area (Å²) >= 11 is 5.97. The molecule has 0 saturated carbocycles. The summed E-state index contributed by atoms with van der Waals surface area (Å²) in [6.45, 7) is 1.42. The number of carbonyl (C=O) groups is 4. The number of likely N-dealkylation sites (N-methyl/N-ethyl adjacent to an activating group) is 1. The van der Waals surface area contributed by atoms with Crippen molar-refractivity contribution in [1.82, 2.24) is 10.2 Å². The SMILES string of the molecule is CC1=CN(C)C(=O)C(N(C(=O)NCCC(=O)O)c2cccc(-c3ccc(Cl)cc3)c2)C1=O. The van der Waals surface area contributed by atoms with Gasteiger partial charge in [-0.2, -0.15) is 0 Å². The van der Waals surface area contributed by atoms with Gasteiger partial charge in [0.1, 0.15) is 0 Å². The Morgan fingerprint density at radius 1 is 1.12 bits per heavy atom. The second-order valence-corrected chi connectivity index (χ2v) is 7.77. The summed E-state index contributed by atoms with van der Waals surface area (Å²) in [4.78, 5) is 52.1. The molecule has 0 fully saturated rings. The van der Waals surface area contributed by atoms with Gasteiger partial charge >= 0.3 is 12.0 Å². The molecule has 1 aliphatic heterocycles. The van der Waals surface area contributed by atoms with E-state index in [0.29, 0.717) is 16.3 Å². The third-order valence-corrected chi connectivity index (χ3v) is 5.25. The van der Waals surface area contributed by atoms with Crippen molar-refractivity contribution in [1.29, 1.82) is 0 Å². The third kappa shape index (κ3) is 4.97. The molecule has 0 aromatic heterocycles. The first-order valence-corrected chi connectivity index (χ1v) is 10.2. The van der Waals surface area contributed by atoms with E-state index >= 15 is 0 Å². The fraction of sp³-hybridized carbons (Fsp3) is 0.217. The lowest BCUT2D eigenvalue weighted by molar-refractivity contribution is -0.137. The molecule has 1 heterocycles. The summed E-state index contributed by atoms with van der Waals surface area (Å²) in [6.07, 6.45) is 1.13. The van der Waals surface area contributed by atoms with Gasteiger partial charge in [0.05, 0.1) is 6.42 Å². The van der Waals surface area contributed by atoms with E-state index in [1.807, 2.05) is 18.2 Å². The predicted octanol–water partition coefficient (Wildman–Crippen LogP) is 3.31. The average molecular weight is 456 g/mol. The molecule has 8 nitrogen and oxygen atoms in total. The van der Waals surface area contributed by atoms with Crippen LogP contribution in [-0.2, 0) is 14.4 Å². The number of urea groups is 1. The molecule has 0 aliphatic carbocycles. The lowest BCUT2D eigenvalue weighted by Crippen LogP contribution is -2.58. The monoisotopic (exact) mass is 455 g/mol. The van der Waals surface area contributed by atoms with Crippen molar-refractivity contribution in [2.24, 2.45) is 0 Å². The molecule has 2 aromatic carbocycles. The molecule has 0 bridgehead atoms. The van der Waals surface area contributed by atoms with Gasteiger partial charge in [-0.25, -0.2) is 4.79 Å². The van der Waals surface area contributed by atoms with Crippen molar-refractivity contribution in [2.75, 3.05) is 18.5 Å². The number of carbonyl (C=O) groups excluding carboxylic acids is 3. The molecule has 2 N–H and O–H groups in total. The maximum Gasteiger partial charge on any atom is 0.323 e. The Labute approximate surface area is 190 Å². The van der Waals surface area contributed by atoms with Gasteiger partial charge < -0.3 is 15.3 Å². The van der Waals surface area contributed by atoms with Crippen LogP contribution in [0.25, 0.3) is 11.1 Å². The maximum atomic E-state index is 13.1. The number of rotatable bonds is 6. The average Bonchev–Trinajstić information content (AvgIpc) is 2.75. The molecule has 0 radical (unpaired) electrons. The fourth-order valence-electron chi connectivity index (χ4n) is 3.39. The predicted molar refractivity (Wildman–Crippen MR) is 120 cm³/mol. The van der Waals surface area contributed by atoms with E-state index < -0.39 is 29.7 Å². The van der Waals surface area contributed by atoms with Crippen LogP contribution in [0.4, 0.5) is 10.5 Å². The van der Waals surface area contributed by atoms with E-state index in [4.69, 9.17) is 16.7 Å². The number of anilines is 1. The van der Waals surface area contributed by atoms with Crippen LogP contribution < -0.4 is 10.2 Å². The van der Waals surface area contributed by atoms with Crippen LogP contribution in [0.15, 0.2) is 60.3 Å². The number of nitrogens with zero attached hydrogens (tertiary/aromatic N) is 2. The normalized spacial score (nSPS) is 15.9. The lowest BCUT2D eigenvalue weighted by atomic mass is 9.98. The van der Waals surface area contributed by atoms with Crippen molar-refractivity contribution in [3.05, 3.63) is 65.3 Å². The Hall–Kier alpha value is -3.65. The van der Waals surface area contributed by atoms with E-state index in [9.17, 15) is 19.2 Å². The van der Waals surface area contributed by atoms with Crippen molar-refractivity contribution >= 4 is 41.0 Å². The van der Waals surface area contributed by atoms with Crippen molar-refractivity contribution in [3.63, 3.8) is 0 Å². The molecular weight excluding hydrogens is 434 g/mol. The molecular formula is C23H22ClN3O5. The van der Waals surface area contributed by atoms with Crippen molar-refractivity contribution in [3.8, 4) is 11.1 Å². The van der Waals surface area contributed by atoms with E-state index in [1.54, 1.807) is 37.3 Å². The summed E-state index contributed by atoms with van der Waals surface area (Å²) in [7, 11) is 1.51. The summed E-state index contributed by atoms with van der Waals surface area (Å²) in [5.41, 5.74) is 2.23. The fourth-order valence-corrected chi connectivity index (χ4v) is 3.51. The first-order valence-electron chi connectivity index (χ1n) is 9.83. The highest BCUT2D eigenvalue weighted by molar-refractivity contribution is 6.30. The minimum Gasteiger partial charge on any atom is -0.481 e. The standard InChI is InChI=1S/C23H22ClN3O5/c1-14-13-26(2)22(31)20(21(14)30)27(23(32)25-11-10-19(28)29)18-5-3-4-16(12-18)15-6-8-17(24)9-7-15/h3-9,12-13,20H,10-11H2,1-2H3,(H,25,32)(H,28,29). The largest absolute Gasteiger partial charge is 0.481 e. The number of halogens is 1. The number of ketones is 1. The van der Waals surface area contributed by atoms with Crippen LogP contribution in [0.3, 0.4) is 0 Å². The summed E-state index contributed by atoms with van der Waals surface area (Å²) in [5, 5.41) is 11.9. The number of carboxylic acid groups (broad SMARTS) is 1. The number of Topliss-reactive ketones (excluding diaryl/α,β-unsaturated/α-hetero) is 1. The number of hydrogen-bond acceptors (Lipinski definition) is 4. The molecule has 32 heavy (non-hydrogen) atoms. The molecule has 1 unspecified atom stereocenters. The number of aliphatic carboxylic acids is 1. The van der Waals surface area contributed by atoms with Crippen molar-refractivity contribution in [2.45, 2.75) is 19.4 Å². The topological polar surface area (TPSA) is 107 Å². The quantitative estimate of drug-likeness (QED) is 0.650. The molecule has 3 amide bonds. The number of benzene rings is 2. The van der Waals surface area contributed by atoms with E-state index in [-0.39, 0.29) is 13.0 Å². The van der Waals surface area contributed by atoms with Crippen LogP contribution in [0.2, 0.25) is 5.02 Å². The van der Waals surface area contributed by atoms with E-state index in [2.05, 4.69) is 5.32 Å². The zero-order valence-corrected chi connectivity index (χ0v) is 18.3. The van der Waals surface area contributed by atoms with Gasteiger partial charge in [-0.3, -0.25) is 19.3 Å². The molecule has 0 saturated heterocycles. The van der Waals surface area contributed by atoms with Gasteiger partial charge in [0, 0.05) is 36.1 Å². The van der Waals surface area contributed by atoms with Gasteiger partial charge in [0.2, 0.25) is 0 Å². The summed E-state index contributed by atoms with van der Waals surface area (Å²) in [6, 6.07) is 11.8. The second-order valence-electron chi connectivity index (χ2n) is 7.33. The Bertz CT molecular complexity index is 1100. The second kappa shape index (κ2) is 9.65. The number of carboxylic acids is 1. The van der Waals surface area contributed by atoms with Crippen LogP contribution in [0.5, 0.6) is 0 Å². The zero-order chi connectivity index (χ0) is 23.4. The maximum absolute atomic E-state index is 13.1. The first kappa shape index (κ1) is 23.0. The Morgan fingerprint density at radius 2 is 1.81 bits per heavy atom. The highest BCUT2D eigenvalue weighted by Gasteiger charge is 2.41. The highest BCUT2D eigenvalue weighted by atomic mass is 35.5. The molecule has 0 spiro atoms. The van der Waals surface area contributed by atoms with Crippen molar-refractivity contribution < 1.29 is 24.3 Å².